The van der Waals surface area contributed by atoms with Gasteiger partial charge in [-0.05, 0) is 62.4 Å². The highest BCUT2D eigenvalue weighted by molar-refractivity contribution is 8.26. The first-order chi connectivity index (χ1) is 13.2. The Bertz CT molecular complexity index is 925. The number of hydrogen-bond acceptors (Lipinski definition) is 6. The summed E-state index contributed by atoms with van der Waals surface area (Å²) in [5.41, 5.74) is 3.51. The smallest absolute Gasteiger partial charge is 0.266 e. The number of thiocarbonyl (C=S) groups is 1. The van der Waals surface area contributed by atoms with E-state index in [2.05, 4.69) is 30.9 Å². The molecule has 0 aliphatic carbocycles. The highest BCUT2D eigenvalue weighted by Crippen LogP contribution is 2.34. The minimum atomic E-state index is -4.04. The van der Waals surface area contributed by atoms with Gasteiger partial charge in [-0.15, -0.1) is 0 Å². The Morgan fingerprint density at radius 3 is 2.79 bits per heavy atom. The van der Waals surface area contributed by atoms with Crippen molar-refractivity contribution < 1.29 is 17.8 Å². The van der Waals surface area contributed by atoms with E-state index in [1.165, 1.54) is 27.9 Å². The summed E-state index contributed by atoms with van der Waals surface area (Å²) in [6.07, 6.45) is 4.13. The van der Waals surface area contributed by atoms with E-state index >= 15 is 0 Å². The molecule has 1 aromatic rings. The molecule has 1 N–H and O–H groups in total. The van der Waals surface area contributed by atoms with Crippen molar-refractivity contribution >= 4 is 56.1 Å². The largest absolute Gasteiger partial charge is 0.369 e. The number of rotatable bonds is 6. The molecule has 3 rings (SSSR count). The molecule has 0 unspecified atom stereocenters. The van der Waals surface area contributed by atoms with Gasteiger partial charge in [0.05, 0.1) is 10.7 Å². The predicted octanol–water partition coefficient (Wildman–Crippen LogP) is 3.33. The fourth-order valence-electron chi connectivity index (χ4n) is 3.52. The first-order valence-corrected chi connectivity index (χ1v) is 12.1. The normalized spacial score (nSPS) is 19.1. The van der Waals surface area contributed by atoms with Crippen LogP contribution in [-0.2, 0) is 21.3 Å². The van der Waals surface area contributed by atoms with E-state index < -0.39 is 10.1 Å². The van der Waals surface area contributed by atoms with Gasteiger partial charge in [-0.1, -0.05) is 30.0 Å². The molecule has 1 aromatic carbocycles. The second-order valence-corrected chi connectivity index (χ2v) is 10.5. The molecule has 0 spiro atoms. The van der Waals surface area contributed by atoms with E-state index in [4.69, 9.17) is 16.8 Å². The van der Waals surface area contributed by atoms with E-state index in [0.717, 1.165) is 24.9 Å². The molecular weight excluding hydrogens is 416 g/mol. The number of carbonyl (C=O) groups is 1. The van der Waals surface area contributed by atoms with Crippen LogP contribution >= 0.6 is 24.0 Å². The lowest BCUT2D eigenvalue weighted by atomic mass is 9.98. The second-order valence-electron chi connectivity index (χ2n) is 7.25. The fraction of sp³-hybridized carbons (Fsp3) is 0.474. The number of amides is 1. The molecule has 2 heterocycles. The first kappa shape index (κ1) is 21.3. The molecule has 0 saturated carbocycles. The average molecular weight is 441 g/mol. The third-order valence-corrected chi connectivity index (χ3v) is 7.02. The molecule has 152 valence electrons. The zero-order chi connectivity index (χ0) is 20.5. The number of nitrogens with zero attached hydrogens (tertiary/aromatic N) is 2. The van der Waals surface area contributed by atoms with Gasteiger partial charge in [0.2, 0.25) is 0 Å². The van der Waals surface area contributed by atoms with Crippen molar-refractivity contribution in [3.63, 3.8) is 0 Å². The van der Waals surface area contributed by atoms with Crippen LogP contribution in [0.15, 0.2) is 23.1 Å². The quantitative estimate of drug-likeness (QED) is 0.413. The maximum Gasteiger partial charge on any atom is 0.266 e. The Morgan fingerprint density at radius 2 is 2.11 bits per heavy atom. The second kappa shape index (κ2) is 8.52. The predicted molar refractivity (Wildman–Crippen MR) is 118 cm³/mol. The van der Waals surface area contributed by atoms with Crippen molar-refractivity contribution in [1.29, 1.82) is 0 Å². The standard InChI is InChI=1S/C19H24N2O4S3/c1-13(2)20-8-3-5-15-11-14(6-7-16(15)20)12-17-18(22)21(19(26)27-17)9-4-10-28(23,24)25/h6-7,11-13H,3-5,8-10H2,1-2H3,(H,23,24,25). The molecule has 0 aromatic heterocycles. The van der Waals surface area contributed by atoms with Gasteiger partial charge in [-0.25, -0.2) is 0 Å². The van der Waals surface area contributed by atoms with Gasteiger partial charge in [0, 0.05) is 24.8 Å². The molecule has 0 bridgehead atoms. The summed E-state index contributed by atoms with van der Waals surface area (Å²) in [6.45, 7) is 5.62. The number of carbonyl (C=O) groups excluding carboxylic acids is 1. The number of benzene rings is 1. The number of thioether (sulfide) groups is 1. The summed E-state index contributed by atoms with van der Waals surface area (Å²) in [6, 6.07) is 6.72. The van der Waals surface area contributed by atoms with Crippen LogP contribution in [0.1, 0.15) is 37.8 Å². The lowest BCUT2D eigenvalue weighted by molar-refractivity contribution is -0.122. The van der Waals surface area contributed by atoms with Gasteiger partial charge in [0.15, 0.2) is 0 Å². The zero-order valence-electron chi connectivity index (χ0n) is 15.9. The Kier molecular flexibility index (Phi) is 6.48. The van der Waals surface area contributed by atoms with E-state index in [1.54, 1.807) is 0 Å². The van der Waals surface area contributed by atoms with Crippen LogP contribution in [0.4, 0.5) is 5.69 Å². The summed E-state index contributed by atoms with van der Waals surface area (Å²) in [5.74, 6) is -0.604. The number of hydrogen-bond donors (Lipinski definition) is 1. The minimum Gasteiger partial charge on any atom is -0.369 e. The van der Waals surface area contributed by atoms with Crippen LogP contribution in [0.25, 0.3) is 6.08 Å². The van der Waals surface area contributed by atoms with E-state index in [1.807, 2.05) is 12.1 Å². The Hall–Kier alpha value is -1.42. The van der Waals surface area contributed by atoms with Gasteiger partial charge >= 0.3 is 0 Å². The molecule has 0 radical (unpaired) electrons. The summed E-state index contributed by atoms with van der Waals surface area (Å²) in [4.78, 5) is 17.0. The molecule has 6 nitrogen and oxygen atoms in total. The number of aryl methyl sites for hydroxylation is 1. The topological polar surface area (TPSA) is 77.9 Å². The van der Waals surface area contributed by atoms with E-state index in [0.29, 0.717) is 15.3 Å². The Labute approximate surface area is 175 Å². The van der Waals surface area contributed by atoms with Crippen molar-refractivity contribution in [1.82, 2.24) is 4.90 Å². The Balaban J connectivity index is 1.75. The lowest BCUT2D eigenvalue weighted by Gasteiger charge is -2.34. The van der Waals surface area contributed by atoms with Crippen molar-refractivity contribution in [3.8, 4) is 0 Å². The molecule has 1 amide bonds. The molecule has 1 fully saturated rings. The molecule has 2 aliphatic heterocycles. The molecule has 0 atom stereocenters. The fourth-order valence-corrected chi connectivity index (χ4v) is 5.32. The minimum absolute atomic E-state index is 0.141. The molecule has 9 heteroatoms. The van der Waals surface area contributed by atoms with Crippen molar-refractivity contribution in [3.05, 3.63) is 34.2 Å². The summed E-state index contributed by atoms with van der Waals surface area (Å²) < 4.78 is 31.0. The Morgan fingerprint density at radius 1 is 1.36 bits per heavy atom. The lowest BCUT2D eigenvalue weighted by Crippen LogP contribution is -2.35. The average Bonchev–Trinajstić information content (AvgIpc) is 2.87. The maximum atomic E-state index is 12.6. The third-order valence-electron chi connectivity index (χ3n) is 4.84. The van der Waals surface area contributed by atoms with Crippen molar-refractivity contribution in [2.24, 2.45) is 0 Å². The van der Waals surface area contributed by atoms with E-state index in [-0.39, 0.29) is 24.6 Å². The molecule has 2 aliphatic rings. The van der Waals surface area contributed by atoms with Crippen LogP contribution in [0.5, 0.6) is 0 Å². The van der Waals surface area contributed by atoms with Crippen LogP contribution < -0.4 is 4.90 Å². The van der Waals surface area contributed by atoms with Gasteiger partial charge in [0.1, 0.15) is 4.32 Å². The summed E-state index contributed by atoms with van der Waals surface area (Å²) >= 11 is 6.49. The SMILES string of the molecule is CC(C)N1CCCc2cc(C=C3SC(=S)N(CCCS(=O)(=O)O)C3=O)ccc21. The highest BCUT2D eigenvalue weighted by atomic mass is 32.2. The highest BCUT2D eigenvalue weighted by Gasteiger charge is 2.32. The first-order valence-electron chi connectivity index (χ1n) is 9.26. The monoisotopic (exact) mass is 440 g/mol. The molecular formula is C19H24N2O4S3. The van der Waals surface area contributed by atoms with Gasteiger partial charge in [-0.2, -0.15) is 8.42 Å². The number of fused-ring (bicyclic) bond motifs is 1. The summed E-state index contributed by atoms with van der Waals surface area (Å²) in [5, 5.41) is 0. The van der Waals surface area contributed by atoms with E-state index in [9.17, 15) is 13.2 Å². The third kappa shape index (κ3) is 4.94. The van der Waals surface area contributed by atoms with Gasteiger partial charge in [0.25, 0.3) is 16.0 Å². The number of anilines is 1. The van der Waals surface area contributed by atoms with Crippen LogP contribution in [-0.4, -0.2) is 53.0 Å². The van der Waals surface area contributed by atoms with Crippen molar-refractivity contribution in [2.75, 3.05) is 23.7 Å². The van der Waals surface area contributed by atoms with Crippen LogP contribution in [0, 0.1) is 0 Å². The zero-order valence-corrected chi connectivity index (χ0v) is 18.4. The molecule has 28 heavy (non-hydrogen) atoms. The van der Waals surface area contributed by atoms with Crippen LogP contribution in [0.3, 0.4) is 0 Å². The maximum absolute atomic E-state index is 12.6. The van der Waals surface area contributed by atoms with Crippen LogP contribution in [0.2, 0.25) is 0 Å². The molecule has 1 saturated heterocycles. The summed E-state index contributed by atoms with van der Waals surface area (Å²) in [7, 11) is -4.04. The van der Waals surface area contributed by atoms with Gasteiger partial charge < -0.3 is 4.90 Å². The van der Waals surface area contributed by atoms with Gasteiger partial charge in [-0.3, -0.25) is 14.2 Å². The van der Waals surface area contributed by atoms with Crippen molar-refractivity contribution in [2.45, 2.75) is 39.2 Å².